The van der Waals surface area contributed by atoms with Gasteiger partial charge in [-0.2, -0.15) is 5.26 Å². The Morgan fingerprint density at radius 2 is 2.38 bits per heavy atom. The maximum atomic E-state index is 10.9. The maximum Gasteiger partial charge on any atom is 0.259 e. The van der Waals surface area contributed by atoms with Gasteiger partial charge in [0.2, 0.25) is 0 Å². The fourth-order valence-electron chi connectivity index (χ4n) is 0.789. The van der Waals surface area contributed by atoms with Crippen molar-refractivity contribution in [3.05, 3.63) is 14.0 Å². The molecule has 1 aromatic heterocycles. The summed E-state index contributed by atoms with van der Waals surface area (Å²) in [6.07, 6.45) is 1.87. The van der Waals surface area contributed by atoms with Crippen LogP contribution >= 0.6 is 45.7 Å². The Hall–Kier alpha value is -0.260. The third-order valence-corrected chi connectivity index (χ3v) is 5.11. The van der Waals surface area contributed by atoms with Crippen molar-refractivity contribution >= 4 is 51.6 Å². The van der Waals surface area contributed by atoms with Crippen LogP contribution in [0.1, 0.15) is 15.2 Å². The summed E-state index contributed by atoms with van der Waals surface area (Å²) in [6.45, 7) is 0. The number of carbonyl (C=O) groups is 1. The van der Waals surface area contributed by atoms with E-state index in [0.717, 1.165) is 4.21 Å². The molecule has 0 saturated carbocycles. The molecule has 0 atom stereocenters. The van der Waals surface area contributed by atoms with E-state index in [-0.39, 0.29) is 0 Å². The Morgan fingerprint density at radius 1 is 1.77 bits per heavy atom. The van der Waals surface area contributed by atoms with Gasteiger partial charge in [-0.05, 0) is 28.8 Å². The molecule has 0 aliphatic rings. The van der Waals surface area contributed by atoms with Crippen LogP contribution in [-0.2, 0) is 0 Å². The number of thiophene rings is 1. The average molecular weight is 324 g/mol. The molecule has 1 heterocycles. The van der Waals surface area contributed by atoms with E-state index in [1.807, 2.05) is 28.8 Å². The SMILES string of the molecule is CSc1sc(C(N)=O)c(I)c1C#N. The minimum atomic E-state index is -0.466. The molecule has 0 spiro atoms. The maximum absolute atomic E-state index is 10.9. The topological polar surface area (TPSA) is 66.9 Å². The Bertz CT molecular complexity index is 394. The third kappa shape index (κ3) is 1.98. The molecule has 0 aliphatic carbocycles. The summed E-state index contributed by atoms with van der Waals surface area (Å²) in [6, 6.07) is 2.06. The van der Waals surface area contributed by atoms with Crippen LogP contribution in [0.4, 0.5) is 0 Å². The fraction of sp³-hybridized carbons (Fsp3) is 0.143. The van der Waals surface area contributed by atoms with Crippen LogP contribution in [0.2, 0.25) is 0 Å². The van der Waals surface area contributed by atoms with Gasteiger partial charge in [0.1, 0.15) is 10.9 Å². The second kappa shape index (κ2) is 4.30. The largest absolute Gasteiger partial charge is 0.365 e. The highest BCUT2D eigenvalue weighted by atomic mass is 127. The predicted octanol–water partition coefficient (Wildman–Crippen LogP) is 2.05. The van der Waals surface area contributed by atoms with E-state index in [1.54, 1.807) is 0 Å². The number of hydrogen-bond acceptors (Lipinski definition) is 4. The van der Waals surface area contributed by atoms with Crippen LogP contribution in [-0.4, -0.2) is 12.2 Å². The van der Waals surface area contributed by atoms with Crippen molar-refractivity contribution in [2.75, 3.05) is 6.26 Å². The van der Waals surface area contributed by atoms with Crippen molar-refractivity contribution in [3.63, 3.8) is 0 Å². The van der Waals surface area contributed by atoms with E-state index < -0.39 is 5.91 Å². The van der Waals surface area contributed by atoms with Crippen LogP contribution in [0.25, 0.3) is 0 Å². The van der Waals surface area contributed by atoms with Crippen LogP contribution in [0.5, 0.6) is 0 Å². The molecule has 0 fully saturated rings. The minimum Gasteiger partial charge on any atom is -0.365 e. The van der Waals surface area contributed by atoms with Gasteiger partial charge in [0.15, 0.2) is 0 Å². The van der Waals surface area contributed by atoms with Crippen molar-refractivity contribution in [2.24, 2.45) is 5.73 Å². The molecule has 0 bridgehead atoms. The highest BCUT2D eigenvalue weighted by Crippen LogP contribution is 2.35. The van der Waals surface area contributed by atoms with E-state index in [0.29, 0.717) is 14.0 Å². The number of thioether (sulfide) groups is 1. The smallest absolute Gasteiger partial charge is 0.259 e. The number of hydrogen-bond donors (Lipinski definition) is 1. The van der Waals surface area contributed by atoms with Crippen molar-refractivity contribution in [3.8, 4) is 6.07 Å². The molecule has 0 saturated heterocycles. The molecule has 1 rings (SSSR count). The Labute approximate surface area is 97.4 Å². The first kappa shape index (κ1) is 10.8. The first-order chi connectivity index (χ1) is 6.11. The van der Waals surface area contributed by atoms with Gasteiger partial charge < -0.3 is 5.73 Å². The van der Waals surface area contributed by atoms with E-state index >= 15 is 0 Å². The standard InChI is InChI=1S/C7H5IN2OS2/c1-12-7-3(2-9)4(8)5(13-7)6(10)11/h1H3,(H2,10,11). The second-order valence-electron chi connectivity index (χ2n) is 2.09. The molecule has 0 aliphatic heterocycles. The van der Waals surface area contributed by atoms with E-state index in [1.165, 1.54) is 23.1 Å². The van der Waals surface area contributed by atoms with Crippen molar-refractivity contribution in [1.29, 1.82) is 5.26 Å². The van der Waals surface area contributed by atoms with Crippen LogP contribution in [0.15, 0.2) is 4.21 Å². The predicted molar refractivity (Wildman–Crippen MR) is 62.0 cm³/mol. The zero-order valence-corrected chi connectivity index (χ0v) is 10.4. The molecule has 1 aromatic rings. The molecular formula is C7H5IN2OS2. The van der Waals surface area contributed by atoms with Gasteiger partial charge in [-0.3, -0.25) is 4.79 Å². The number of amides is 1. The Kier molecular flexibility index (Phi) is 3.58. The van der Waals surface area contributed by atoms with E-state index in [9.17, 15) is 4.79 Å². The number of nitrogens with two attached hydrogens (primary N) is 1. The summed E-state index contributed by atoms with van der Waals surface area (Å²) in [7, 11) is 0. The van der Waals surface area contributed by atoms with Crippen molar-refractivity contribution in [2.45, 2.75) is 4.21 Å². The highest BCUT2D eigenvalue weighted by molar-refractivity contribution is 14.1. The summed E-state index contributed by atoms with van der Waals surface area (Å²) >= 11 is 4.71. The molecule has 0 aromatic carbocycles. The lowest BCUT2D eigenvalue weighted by molar-refractivity contribution is 0.100. The molecule has 0 unspecified atom stereocenters. The zero-order chi connectivity index (χ0) is 10.0. The summed E-state index contributed by atoms with van der Waals surface area (Å²) in [4.78, 5) is 11.4. The number of carbonyl (C=O) groups excluding carboxylic acids is 1. The Balaban J connectivity index is 3.37. The average Bonchev–Trinajstić information content (AvgIpc) is 2.41. The van der Waals surface area contributed by atoms with Gasteiger partial charge in [-0.15, -0.1) is 23.1 Å². The third-order valence-electron chi connectivity index (χ3n) is 1.34. The van der Waals surface area contributed by atoms with E-state index in [2.05, 4.69) is 6.07 Å². The number of halogens is 1. The number of nitrogens with zero attached hydrogens (tertiary/aromatic N) is 1. The Morgan fingerprint density at radius 3 is 2.69 bits per heavy atom. The lowest BCUT2D eigenvalue weighted by atomic mass is 10.3. The fourth-order valence-corrected chi connectivity index (χ4v) is 3.80. The molecule has 68 valence electrons. The highest BCUT2D eigenvalue weighted by Gasteiger charge is 2.18. The number of rotatable bonds is 2. The normalized spacial score (nSPS) is 9.62. The molecule has 3 nitrogen and oxygen atoms in total. The molecule has 1 amide bonds. The summed E-state index contributed by atoms with van der Waals surface area (Å²) < 4.78 is 1.52. The summed E-state index contributed by atoms with van der Waals surface area (Å²) in [5.41, 5.74) is 5.72. The van der Waals surface area contributed by atoms with Gasteiger partial charge in [-0.1, -0.05) is 0 Å². The summed E-state index contributed by atoms with van der Waals surface area (Å²) in [5.74, 6) is -0.466. The van der Waals surface area contributed by atoms with Gasteiger partial charge in [-0.25, -0.2) is 0 Å². The monoisotopic (exact) mass is 324 g/mol. The van der Waals surface area contributed by atoms with Gasteiger partial charge in [0, 0.05) is 0 Å². The quantitative estimate of drug-likeness (QED) is 0.669. The zero-order valence-electron chi connectivity index (χ0n) is 6.63. The molecule has 2 N–H and O–H groups in total. The molecule has 13 heavy (non-hydrogen) atoms. The lowest BCUT2D eigenvalue weighted by Crippen LogP contribution is -2.10. The molecule has 0 radical (unpaired) electrons. The minimum absolute atomic E-state index is 0.466. The second-order valence-corrected chi connectivity index (χ2v) is 5.26. The summed E-state index contributed by atoms with van der Waals surface area (Å²) in [5, 5.41) is 8.81. The van der Waals surface area contributed by atoms with Crippen molar-refractivity contribution < 1.29 is 4.79 Å². The van der Waals surface area contributed by atoms with Gasteiger partial charge >= 0.3 is 0 Å². The first-order valence-electron chi connectivity index (χ1n) is 3.18. The molecule has 6 heteroatoms. The first-order valence-corrected chi connectivity index (χ1v) is 6.30. The van der Waals surface area contributed by atoms with Crippen LogP contribution in [0.3, 0.4) is 0 Å². The van der Waals surface area contributed by atoms with Gasteiger partial charge in [0.05, 0.1) is 13.3 Å². The van der Waals surface area contributed by atoms with Crippen LogP contribution in [0, 0.1) is 14.9 Å². The number of primary amides is 1. The molecular weight excluding hydrogens is 319 g/mol. The number of nitriles is 1. The van der Waals surface area contributed by atoms with Crippen LogP contribution < -0.4 is 5.73 Å². The van der Waals surface area contributed by atoms with E-state index in [4.69, 9.17) is 11.0 Å². The lowest BCUT2D eigenvalue weighted by Gasteiger charge is -1.88. The van der Waals surface area contributed by atoms with Crippen molar-refractivity contribution in [1.82, 2.24) is 0 Å². The van der Waals surface area contributed by atoms with Gasteiger partial charge in [0.25, 0.3) is 5.91 Å².